The number of hydrogen-bond donors (Lipinski definition) is 0. The van der Waals surface area contributed by atoms with Gasteiger partial charge in [0.25, 0.3) is 0 Å². The molecule has 0 saturated carbocycles. The summed E-state index contributed by atoms with van der Waals surface area (Å²) in [5.41, 5.74) is 3.35. The monoisotopic (exact) mass is 394 g/mol. The number of aryl methyl sites for hydroxylation is 2. The second kappa shape index (κ2) is 8.31. The van der Waals surface area contributed by atoms with Gasteiger partial charge in [0.15, 0.2) is 0 Å². The summed E-state index contributed by atoms with van der Waals surface area (Å²) in [7, 11) is 0. The molecule has 1 amide bonds. The number of carbonyl (C=O) groups is 1. The molecular formula is C23H26N2O2S. The first-order valence-electron chi connectivity index (χ1n) is 9.97. The molecule has 0 spiro atoms. The molecule has 0 bridgehead atoms. The zero-order valence-corrected chi connectivity index (χ0v) is 17.3. The molecule has 1 aliphatic rings. The molecule has 1 fully saturated rings. The Balaban J connectivity index is 1.42. The van der Waals surface area contributed by atoms with E-state index in [1.807, 2.05) is 42.2 Å². The fraction of sp³-hybridized carbons (Fsp3) is 0.391. The first-order chi connectivity index (χ1) is 13.6. The summed E-state index contributed by atoms with van der Waals surface area (Å²) in [6, 6.07) is 14.4. The molecule has 146 valence electrons. The third-order valence-corrected chi connectivity index (χ3v) is 6.46. The largest absolute Gasteiger partial charge is 0.493 e. The van der Waals surface area contributed by atoms with Gasteiger partial charge in [-0.3, -0.25) is 4.79 Å². The summed E-state index contributed by atoms with van der Waals surface area (Å²) in [4.78, 5) is 19.8. The topological polar surface area (TPSA) is 42.4 Å². The highest BCUT2D eigenvalue weighted by molar-refractivity contribution is 7.18. The maximum absolute atomic E-state index is 12.9. The first kappa shape index (κ1) is 18.9. The fourth-order valence-corrected chi connectivity index (χ4v) is 4.99. The van der Waals surface area contributed by atoms with Crippen LogP contribution in [0.15, 0.2) is 42.5 Å². The zero-order valence-electron chi connectivity index (χ0n) is 16.5. The number of piperidine rings is 1. The van der Waals surface area contributed by atoms with E-state index in [9.17, 15) is 4.79 Å². The van der Waals surface area contributed by atoms with Gasteiger partial charge in [-0.05, 0) is 56.9 Å². The normalized spacial score (nSPS) is 17.1. The lowest BCUT2D eigenvalue weighted by Crippen LogP contribution is -2.39. The van der Waals surface area contributed by atoms with Crippen molar-refractivity contribution < 1.29 is 9.53 Å². The van der Waals surface area contributed by atoms with Gasteiger partial charge in [-0.25, -0.2) is 4.98 Å². The minimum absolute atomic E-state index is 0.0970. The van der Waals surface area contributed by atoms with Gasteiger partial charge in [-0.1, -0.05) is 29.8 Å². The molecule has 3 aromatic rings. The number of nitrogens with zero attached hydrogens (tertiary/aromatic N) is 2. The van der Waals surface area contributed by atoms with Crippen molar-refractivity contribution in [3.05, 3.63) is 58.6 Å². The van der Waals surface area contributed by atoms with E-state index in [1.165, 1.54) is 10.3 Å². The van der Waals surface area contributed by atoms with Crippen molar-refractivity contribution in [1.82, 2.24) is 9.88 Å². The van der Waals surface area contributed by atoms with E-state index >= 15 is 0 Å². The molecular weight excluding hydrogens is 368 g/mol. The molecule has 4 nitrogen and oxygen atoms in total. The van der Waals surface area contributed by atoms with Crippen molar-refractivity contribution in [2.75, 3.05) is 13.2 Å². The van der Waals surface area contributed by atoms with Crippen molar-refractivity contribution in [3.63, 3.8) is 0 Å². The van der Waals surface area contributed by atoms with Gasteiger partial charge >= 0.3 is 0 Å². The molecule has 0 N–H and O–H groups in total. The number of rotatable bonds is 5. The predicted octanol–water partition coefficient (Wildman–Crippen LogP) is 5.44. The molecule has 2 aromatic carbocycles. The van der Waals surface area contributed by atoms with Gasteiger partial charge < -0.3 is 9.64 Å². The van der Waals surface area contributed by atoms with E-state index < -0.39 is 0 Å². The van der Waals surface area contributed by atoms with E-state index in [-0.39, 0.29) is 11.9 Å². The Hall–Kier alpha value is -2.40. The number of hydrogen-bond acceptors (Lipinski definition) is 4. The number of amides is 1. The fourth-order valence-electron chi connectivity index (χ4n) is 3.87. The van der Waals surface area contributed by atoms with Crippen molar-refractivity contribution in [2.24, 2.45) is 0 Å². The molecule has 0 aliphatic carbocycles. The summed E-state index contributed by atoms with van der Waals surface area (Å²) >= 11 is 1.71. The van der Waals surface area contributed by atoms with Crippen molar-refractivity contribution in [3.8, 4) is 5.75 Å². The molecule has 1 aliphatic heterocycles. The second-order valence-electron chi connectivity index (χ2n) is 7.49. The highest BCUT2D eigenvalue weighted by Crippen LogP contribution is 2.36. The van der Waals surface area contributed by atoms with Gasteiger partial charge in [0.05, 0.1) is 29.3 Å². The van der Waals surface area contributed by atoms with Crippen LogP contribution >= 0.6 is 11.3 Å². The minimum atomic E-state index is 0.0970. The van der Waals surface area contributed by atoms with Crippen LogP contribution in [0.5, 0.6) is 5.75 Å². The summed E-state index contributed by atoms with van der Waals surface area (Å²) in [5, 5.41) is 1.06. The van der Waals surface area contributed by atoms with Gasteiger partial charge in [0, 0.05) is 6.54 Å². The van der Waals surface area contributed by atoms with Crippen LogP contribution < -0.4 is 4.74 Å². The number of benzene rings is 2. The third-order valence-electron chi connectivity index (χ3n) is 5.32. The maximum atomic E-state index is 12.9. The lowest BCUT2D eigenvalue weighted by atomic mass is 10.0. The Morgan fingerprint density at radius 1 is 1.21 bits per heavy atom. The molecule has 5 heteroatoms. The second-order valence-corrected chi connectivity index (χ2v) is 8.55. The molecule has 1 unspecified atom stereocenters. The van der Waals surface area contributed by atoms with E-state index in [0.29, 0.717) is 13.0 Å². The van der Waals surface area contributed by atoms with Crippen LogP contribution in [0, 0.1) is 13.8 Å². The minimum Gasteiger partial charge on any atom is -0.493 e. The lowest BCUT2D eigenvalue weighted by molar-refractivity contribution is -0.135. The summed E-state index contributed by atoms with van der Waals surface area (Å²) in [6.45, 7) is 5.32. The molecule has 2 heterocycles. The van der Waals surface area contributed by atoms with Crippen molar-refractivity contribution in [1.29, 1.82) is 0 Å². The molecule has 28 heavy (non-hydrogen) atoms. The number of likely N-dealkylation sites (tertiary alicyclic amines) is 1. The number of thiazole rings is 1. The van der Waals surface area contributed by atoms with Crippen LogP contribution in [0.4, 0.5) is 0 Å². The molecule has 1 saturated heterocycles. The van der Waals surface area contributed by atoms with Gasteiger partial charge in [-0.2, -0.15) is 0 Å². The lowest BCUT2D eigenvalue weighted by Gasteiger charge is -2.34. The van der Waals surface area contributed by atoms with Crippen LogP contribution in [0.1, 0.15) is 47.9 Å². The average molecular weight is 395 g/mol. The smallest absolute Gasteiger partial charge is 0.226 e. The van der Waals surface area contributed by atoms with Gasteiger partial charge in [0.2, 0.25) is 5.91 Å². The highest BCUT2D eigenvalue weighted by Gasteiger charge is 2.30. The average Bonchev–Trinajstić information content (AvgIpc) is 3.13. The van der Waals surface area contributed by atoms with Crippen LogP contribution in [0.25, 0.3) is 10.2 Å². The van der Waals surface area contributed by atoms with Crippen LogP contribution in [-0.2, 0) is 4.79 Å². The number of carbonyl (C=O) groups excluding carboxylic acids is 1. The Kier molecular flexibility index (Phi) is 5.62. The van der Waals surface area contributed by atoms with Crippen LogP contribution in [0.3, 0.4) is 0 Å². The van der Waals surface area contributed by atoms with Crippen LogP contribution in [0.2, 0.25) is 0 Å². The zero-order chi connectivity index (χ0) is 19.5. The van der Waals surface area contributed by atoms with Gasteiger partial charge in [0.1, 0.15) is 10.8 Å². The Bertz CT molecular complexity index is 949. The Morgan fingerprint density at radius 3 is 2.89 bits per heavy atom. The summed E-state index contributed by atoms with van der Waals surface area (Å²) < 4.78 is 7.07. The molecule has 1 atom stereocenters. The summed E-state index contributed by atoms with van der Waals surface area (Å²) in [6.07, 6.45) is 3.59. The number of para-hydroxylation sites is 1. The SMILES string of the molecule is Cc1ccc(OCCC(=O)N2CCCCC2c2nc3ccccc3s2)c(C)c1. The predicted molar refractivity (Wildman–Crippen MR) is 114 cm³/mol. The van der Waals surface area contributed by atoms with Gasteiger partial charge in [-0.15, -0.1) is 11.3 Å². The third kappa shape index (κ3) is 4.04. The Morgan fingerprint density at radius 2 is 2.07 bits per heavy atom. The molecule has 0 radical (unpaired) electrons. The van der Waals surface area contributed by atoms with Crippen LogP contribution in [-0.4, -0.2) is 28.9 Å². The van der Waals surface area contributed by atoms with E-state index in [2.05, 4.69) is 19.1 Å². The molecule has 1 aromatic heterocycles. The molecule has 4 rings (SSSR count). The standard InChI is InChI=1S/C23H26N2O2S/c1-16-10-11-20(17(2)15-16)27-14-12-22(26)25-13-6-5-8-19(25)23-24-18-7-3-4-9-21(18)28-23/h3-4,7,9-11,15,19H,5-6,8,12-14H2,1-2H3. The summed E-state index contributed by atoms with van der Waals surface area (Å²) in [5.74, 6) is 1.02. The van der Waals surface area contributed by atoms with E-state index in [1.54, 1.807) is 11.3 Å². The van der Waals surface area contributed by atoms with E-state index in [4.69, 9.17) is 9.72 Å². The van der Waals surface area contributed by atoms with E-state index in [0.717, 1.165) is 47.6 Å². The first-order valence-corrected chi connectivity index (χ1v) is 10.8. The maximum Gasteiger partial charge on any atom is 0.226 e. The van der Waals surface area contributed by atoms with Crippen molar-refractivity contribution in [2.45, 2.75) is 45.6 Å². The number of aromatic nitrogens is 1. The van der Waals surface area contributed by atoms with Crippen molar-refractivity contribution >= 4 is 27.5 Å². The Labute approximate surface area is 170 Å². The number of ether oxygens (including phenoxy) is 1. The number of fused-ring (bicyclic) bond motifs is 1. The highest BCUT2D eigenvalue weighted by atomic mass is 32.1. The quantitative estimate of drug-likeness (QED) is 0.579.